The molecule has 1 fully saturated rings. The van der Waals surface area contributed by atoms with Crippen LogP contribution in [0.2, 0.25) is 0 Å². The molecule has 0 bridgehead atoms. The lowest BCUT2D eigenvalue weighted by Crippen LogP contribution is -2.49. The van der Waals surface area contributed by atoms with E-state index in [4.69, 9.17) is 4.52 Å². The second kappa shape index (κ2) is 7.14. The van der Waals surface area contributed by atoms with E-state index >= 15 is 0 Å². The van der Waals surface area contributed by atoms with Gasteiger partial charge in [-0.15, -0.1) is 0 Å². The van der Waals surface area contributed by atoms with E-state index in [-0.39, 0.29) is 11.7 Å². The topological polar surface area (TPSA) is 75.4 Å². The lowest BCUT2D eigenvalue weighted by atomic mass is 10.1. The van der Waals surface area contributed by atoms with Crippen molar-refractivity contribution in [2.45, 2.75) is 6.92 Å². The van der Waals surface area contributed by atoms with Crippen molar-refractivity contribution in [3.05, 3.63) is 60.0 Å². The van der Waals surface area contributed by atoms with Gasteiger partial charge in [-0.2, -0.15) is 0 Å². The van der Waals surface area contributed by atoms with Crippen molar-refractivity contribution in [1.29, 1.82) is 0 Å². The maximum atomic E-state index is 13.1. The highest BCUT2D eigenvalue weighted by molar-refractivity contribution is 5.92. The molecule has 0 spiro atoms. The maximum absolute atomic E-state index is 13.1. The molecule has 0 aliphatic carbocycles. The highest BCUT2D eigenvalue weighted by Crippen LogP contribution is 2.22. The van der Waals surface area contributed by atoms with Crippen LogP contribution < -0.4 is 4.90 Å². The van der Waals surface area contributed by atoms with Crippen LogP contribution in [0.5, 0.6) is 0 Å². The van der Waals surface area contributed by atoms with E-state index in [2.05, 4.69) is 20.0 Å². The van der Waals surface area contributed by atoms with Crippen LogP contribution in [-0.2, 0) is 0 Å². The van der Waals surface area contributed by atoms with Gasteiger partial charge in [0.25, 0.3) is 5.91 Å². The fourth-order valence-electron chi connectivity index (χ4n) is 3.07. The third-order valence-electron chi connectivity index (χ3n) is 4.53. The number of carbonyl (C=O) groups is 1. The predicted octanol–water partition coefficient (Wildman–Crippen LogP) is 2.54. The fourth-order valence-corrected chi connectivity index (χ4v) is 3.07. The molecular formula is C19H18FN5O2. The normalized spacial score (nSPS) is 14.4. The zero-order valence-electron chi connectivity index (χ0n) is 14.8. The minimum atomic E-state index is -0.281. The van der Waals surface area contributed by atoms with Crippen molar-refractivity contribution in [3.63, 3.8) is 0 Å². The number of piperazine rings is 1. The molecule has 138 valence electrons. The summed E-state index contributed by atoms with van der Waals surface area (Å²) in [4.78, 5) is 24.9. The van der Waals surface area contributed by atoms with Crippen LogP contribution in [0.4, 0.5) is 10.2 Å². The van der Waals surface area contributed by atoms with E-state index < -0.39 is 0 Å². The molecule has 8 heteroatoms. The summed E-state index contributed by atoms with van der Waals surface area (Å²) in [6.45, 7) is 4.21. The van der Waals surface area contributed by atoms with Crippen molar-refractivity contribution < 1.29 is 13.7 Å². The van der Waals surface area contributed by atoms with E-state index in [9.17, 15) is 9.18 Å². The summed E-state index contributed by atoms with van der Waals surface area (Å²) in [5.74, 6) is 0.998. The summed E-state index contributed by atoms with van der Waals surface area (Å²) in [5.41, 5.74) is 1.90. The second-order valence-electron chi connectivity index (χ2n) is 6.37. The molecular weight excluding hydrogens is 349 g/mol. The second-order valence-corrected chi connectivity index (χ2v) is 6.37. The van der Waals surface area contributed by atoms with Gasteiger partial charge >= 0.3 is 0 Å². The third-order valence-corrected chi connectivity index (χ3v) is 4.53. The lowest BCUT2D eigenvalue weighted by molar-refractivity contribution is 0.0736. The first kappa shape index (κ1) is 17.1. The lowest BCUT2D eigenvalue weighted by Gasteiger charge is -2.35. The Labute approximate surface area is 155 Å². The summed E-state index contributed by atoms with van der Waals surface area (Å²) in [6, 6.07) is 9.73. The first-order valence-corrected chi connectivity index (χ1v) is 8.66. The number of anilines is 1. The molecule has 1 aliphatic rings. The van der Waals surface area contributed by atoms with Gasteiger partial charge in [0.1, 0.15) is 23.7 Å². The molecule has 1 saturated heterocycles. The summed E-state index contributed by atoms with van der Waals surface area (Å²) in [7, 11) is 0. The van der Waals surface area contributed by atoms with Gasteiger partial charge in [-0.3, -0.25) is 4.79 Å². The number of aryl methyl sites for hydroxylation is 1. The Hall–Kier alpha value is -3.29. The fraction of sp³-hybridized carbons (Fsp3) is 0.263. The van der Waals surface area contributed by atoms with E-state index in [0.29, 0.717) is 37.6 Å². The highest BCUT2D eigenvalue weighted by Gasteiger charge is 2.25. The van der Waals surface area contributed by atoms with Crippen LogP contribution in [0.25, 0.3) is 11.3 Å². The van der Waals surface area contributed by atoms with Crippen molar-refractivity contribution in [2.75, 3.05) is 31.1 Å². The molecule has 7 nitrogen and oxygen atoms in total. The van der Waals surface area contributed by atoms with Crippen molar-refractivity contribution >= 4 is 11.7 Å². The van der Waals surface area contributed by atoms with Gasteiger partial charge in [-0.05, 0) is 31.2 Å². The Kier molecular flexibility index (Phi) is 4.53. The maximum Gasteiger partial charge on any atom is 0.276 e. The largest absolute Gasteiger partial charge is 0.361 e. The number of hydrogen-bond acceptors (Lipinski definition) is 6. The molecule has 1 aliphatic heterocycles. The number of benzene rings is 1. The Morgan fingerprint density at radius 1 is 1.07 bits per heavy atom. The first-order valence-electron chi connectivity index (χ1n) is 8.66. The van der Waals surface area contributed by atoms with Gasteiger partial charge in [0.2, 0.25) is 0 Å². The molecule has 4 rings (SSSR count). The minimum absolute atomic E-state index is 0.124. The quantitative estimate of drug-likeness (QED) is 0.708. The smallest absolute Gasteiger partial charge is 0.276 e. The number of hydrogen-bond donors (Lipinski definition) is 0. The average molecular weight is 367 g/mol. The Morgan fingerprint density at radius 2 is 1.81 bits per heavy atom. The predicted molar refractivity (Wildman–Crippen MR) is 96.8 cm³/mol. The molecule has 0 unspecified atom stereocenters. The van der Waals surface area contributed by atoms with Gasteiger partial charge in [0.05, 0.1) is 5.69 Å². The van der Waals surface area contributed by atoms with Crippen molar-refractivity contribution in [2.24, 2.45) is 0 Å². The van der Waals surface area contributed by atoms with Crippen molar-refractivity contribution in [1.82, 2.24) is 20.0 Å². The molecule has 3 heterocycles. The Balaban J connectivity index is 1.44. The Bertz CT molecular complexity index is 949. The van der Waals surface area contributed by atoms with Crippen LogP contribution in [0.1, 0.15) is 16.2 Å². The van der Waals surface area contributed by atoms with Gasteiger partial charge in [0.15, 0.2) is 5.69 Å². The van der Waals surface area contributed by atoms with Crippen LogP contribution in [0, 0.1) is 12.7 Å². The molecule has 2 aromatic heterocycles. The first-order chi connectivity index (χ1) is 13.1. The monoisotopic (exact) mass is 367 g/mol. The Morgan fingerprint density at radius 3 is 2.48 bits per heavy atom. The van der Waals surface area contributed by atoms with Crippen LogP contribution in [-0.4, -0.2) is 52.1 Å². The molecule has 1 aromatic carbocycles. The van der Waals surface area contributed by atoms with Gasteiger partial charge in [-0.25, -0.2) is 14.4 Å². The molecule has 27 heavy (non-hydrogen) atoms. The number of rotatable bonds is 3. The number of carbonyl (C=O) groups excluding carboxylic acids is 1. The zero-order chi connectivity index (χ0) is 18.8. The SMILES string of the molecule is Cc1cc(C(=O)N2CCN(c3cc(-c4ccc(F)cc4)ncn3)CC2)no1. The molecule has 0 saturated carbocycles. The summed E-state index contributed by atoms with van der Waals surface area (Å²) in [6.07, 6.45) is 1.50. The number of halogens is 1. The number of nitrogens with zero attached hydrogens (tertiary/aromatic N) is 5. The summed E-state index contributed by atoms with van der Waals surface area (Å²) >= 11 is 0. The molecule has 1 amide bonds. The highest BCUT2D eigenvalue weighted by atomic mass is 19.1. The average Bonchev–Trinajstić information content (AvgIpc) is 3.14. The standard InChI is InChI=1S/C19H18FN5O2/c1-13-10-17(23-27-13)19(26)25-8-6-24(7-9-25)18-11-16(21-12-22-18)14-2-4-15(20)5-3-14/h2-5,10-12H,6-9H2,1H3. The molecule has 3 aromatic rings. The van der Waals surface area contributed by atoms with E-state index in [0.717, 1.165) is 17.1 Å². The summed E-state index contributed by atoms with van der Waals surface area (Å²) < 4.78 is 18.1. The van der Waals surface area contributed by atoms with Gasteiger partial charge in [-0.1, -0.05) is 5.16 Å². The number of amides is 1. The zero-order valence-corrected chi connectivity index (χ0v) is 14.8. The van der Waals surface area contributed by atoms with Crippen LogP contribution >= 0.6 is 0 Å². The van der Waals surface area contributed by atoms with Crippen LogP contribution in [0.15, 0.2) is 47.2 Å². The van der Waals surface area contributed by atoms with Gasteiger partial charge in [0, 0.05) is 43.9 Å². The third kappa shape index (κ3) is 3.64. The molecule has 0 N–H and O–H groups in total. The van der Waals surface area contributed by atoms with Gasteiger partial charge < -0.3 is 14.3 Å². The van der Waals surface area contributed by atoms with E-state index in [1.165, 1.54) is 18.5 Å². The number of aromatic nitrogens is 3. The van der Waals surface area contributed by atoms with Crippen molar-refractivity contribution in [3.8, 4) is 11.3 Å². The summed E-state index contributed by atoms with van der Waals surface area (Å²) in [5, 5.41) is 3.79. The van der Waals surface area contributed by atoms with E-state index in [1.54, 1.807) is 30.0 Å². The van der Waals surface area contributed by atoms with E-state index in [1.807, 2.05) is 6.07 Å². The van der Waals surface area contributed by atoms with Crippen LogP contribution in [0.3, 0.4) is 0 Å². The molecule has 0 radical (unpaired) electrons. The molecule has 0 atom stereocenters. The minimum Gasteiger partial charge on any atom is -0.361 e.